The molecular formula is C18H32S. The van der Waals surface area contributed by atoms with Crippen molar-refractivity contribution < 1.29 is 0 Å². The largest absolute Gasteiger partial charge is 0.158 e. The Hall–Kier alpha value is -0.430. The van der Waals surface area contributed by atoms with Crippen LogP contribution in [0.5, 0.6) is 0 Å². The maximum atomic E-state index is 2.41. The van der Waals surface area contributed by atoms with Gasteiger partial charge in [0.2, 0.25) is 0 Å². The van der Waals surface area contributed by atoms with E-state index in [0.29, 0.717) is 0 Å². The second-order valence-electron chi connectivity index (χ2n) is 5.53. The fourth-order valence-electron chi connectivity index (χ4n) is 1.77. The van der Waals surface area contributed by atoms with Crippen molar-refractivity contribution in [3.8, 4) is 0 Å². The molecule has 0 aromatic rings. The molecule has 0 aliphatic rings. The lowest BCUT2D eigenvalue weighted by Crippen LogP contribution is -1.83. The molecule has 0 spiro atoms. The molecule has 0 rings (SSSR count). The SMILES string of the molecule is CCCSC/C=C(\C)CC/C=C(\C)CCC=C(C)C. The average Bonchev–Trinajstić information content (AvgIpc) is 2.34. The standard InChI is InChI=1S/C18H32S/c1-6-14-19-15-13-18(5)12-8-11-17(4)10-7-9-16(2)3/h9,11,13H,6-8,10,12,14-15H2,1-5H3/b17-11+,18-13+. The van der Waals surface area contributed by atoms with Gasteiger partial charge in [0.1, 0.15) is 0 Å². The molecule has 0 saturated carbocycles. The first-order valence-corrected chi connectivity index (χ1v) is 8.74. The summed E-state index contributed by atoms with van der Waals surface area (Å²) in [6.45, 7) is 11.1. The van der Waals surface area contributed by atoms with Gasteiger partial charge >= 0.3 is 0 Å². The van der Waals surface area contributed by atoms with Gasteiger partial charge in [-0.05, 0) is 65.6 Å². The van der Waals surface area contributed by atoms with Gasteiger partial charge in [0.15, 0.2) is 0 Å². The fraction of sp³-hybridized carbons (Fsp3) is 0.667. The fourth-order valence-corrected chi connectivity index (χ4v) is 2.63. The Bertz CT molecular complexity index is 304. The molecule has 0 atom stereocenters. The maximum Gasteiger partial charge on any atom is 0.0115 e. The highest BCUT2D eigenvalue weighted by atomic mass is 32.2. The van der Waals surface area contributed by atoms with E-state index in [9.17, 15) is 0 Å². The van der Waals surface area contributed by atoms with E-state index in [1.165, 1.54) is 60.3 Å². The zero-order chi connectivity index (χ0) is 14.5. The van der Waals surface area contributed by atoms with Crippen LogP contribution in [-0.4, -0.2) is 11.5 Å². The molecule has 110 valence electrons. The van der Waals surface area contributed by atoms with E-state index in [0.717, 1.165) is 0 Å². The summed E-state index contributed by atoms with van der Waals surface area (Å²) in [5.74, 6) is 2.47. The second kappa shape index (κ2) is 12.6. The predicted molar refractivity (Wildman–Crippen MR) is 93.0 cm³/mol. The van der Waals surface area contributed by atoms with Gasteiger partial charge in [-0.2, -0.15) is 11.8 Å². The normalized spacial score (nSPS) is 12.7. The smallest absolute Gasteiger partial charge is 0.0115 e. The van der Waals surface area contributed by atoms with Crippen molar-refractivity contribution in [2.75, 3.05) is 11.5 Å². The van der Waals surface area contributed by atoms with Crippen molar-refractivity contribution in [1.82, 2.24) is 0 Å². The summed E-state index contributed by atoms with van der Waals surface area (Å²) in [7, 11) is 0. The molecule has 0 nitrogen and oxygen atoms in total. The number of hydrogen-bond acceptors (Lipinski definition) is 1. The van der Waals surface area contributed by atoms with Gasteiger partial charge in [-0.25, -0.2) is 0 Å². The Morgan fingerprint density at radius 1 is 0.842 bits per heavy atom. The van der Waals surface area contributed by atoms with Crippen molar-refractivity contribution >= 4 is 11.8 Å². The minimum Gasteiger partial charge on any atom is -0.158 e. The Morgan fingerprint density at radius 3 is 2.00 bits per heavy atom. The third-order valence-electron chi connectivity index (χ3n) is 3.02. The van der Waals surface area contributed by atoms with E-state index in [1.54, 1.807) is 0 Å². The highest BCUT2D eigenvalue weighted by Crippen LogP contribution is 2.12. The second-order valence-corrected chi connectivity index (χ2v) is 6.68. The topological polar surface area (TPSA) is 0 Å². The van der Waals surface area contributed by atoms with E-state index in [1.807, 2.05) is 11.8 Å². The van der Waals surface area contributed by atoms with Gasteiger partial charge in [-0.15, -0.1) is 0 Å². The summed E-state index contributed by atoms with van der Waals surface area (Å²) in [5.41, 5.74) is 4.50. The predicted octanol–water partition coefficient (Wildman–Crippen LogP) is 6.55. The van der Waals surface area contributed by atoms with Crippen LogP contribution in [0, 0.1) is 0 Å². The first-order chi connectivity index (χ1) is 9.06. The van der Waals surface area contributed by atoms with Crippen LogP contribution in [0.2, 0.25) is 0 Å². The Labute approximate surface area is 125 Å². The molecule has 0 N–H and O–H groups in total. The molecule has 1 heteroatoms. The van der Waals surface area contributed by atoms with Crippen molar-refractivity contribution in [2.45, 2.75) is 66.7 Å². The van der Waals surface area contributed by atoms with Crippen LogP contribution < -0.4 is 0 Å². The number of rotatable bonds is 10. The summed E-state index contributed by atoms with van der Waals surface area (Å²) in [5, 5.41) is 0. The molecule has 0 aliphatic heterocycles. The molecule has 0 aromatic heterocycles. The van der Waals surface area contributed by atoms with Crippen LogP contribution in [0.3, 0.4) is 0 Å². The molecule has 0 bridgehead atoms. The summed E-state index contributed by atoms with van der Waals surface area (Å²) in [6, 6.07) is 0. The summed E-state index contributed by atoms with van der Waals surface area (Å²) in [4.78, 5) is 0. The molecule has 0 fully saturated rings. The lowest BCUT2D eigenvalue weighted by Gasteiger charge is -2.01. The van der Waals surface area contributed by atoms with Crippen LogP contribution in [0.15, 0.2) is 34.9 Å². The molecule has 0 aromatic carbocycles. The number of thioether (sulfide) groups is 1. The van der Waals surface area contributed by atoms with Gasteiger partial charge < -0.3 is 0 Å². The Kier molecular flexibility index (Phi) is 12.3. The van der Waals surface area contributed by atoms with E-state index in [2.05, 4.69) is 52.8 Å². The van der Waals surface area contributed by atoms with Crippen LogP contribution >= 0.6 is 11.8 Å². The van der Waals surface area contributed by atoms with Crippen molar-refractivity contribution in [2.24, 2.45) is 0 Å². The first kappa shape index (κ1) is 18.6. The maximum absolute atomic E-state index is 2.41. The van der Waals surface area contributed by atoms with Crippen LogP contribution in [0.25, 0.3) is 0 Å². The van der Waals surface area contributed by atoms with E-state index < -0.39 is 0 Å². The minimum atomic E-state index is 1.18. The quantitative estimate of drug-likeness (QED) is 0.323. The van der Waals surface area contributed by atoms with E-state index in [-0.39, 0.29) is 0 Å². The molecule has 0 saturated heterocycles. The first-order valence-electron chi connectivity index (χ1n) is 7.58. The van der Waals surface area contributed by atoms with Crippen molar-refractivity contribution in [3.05, 3.63) is 34.9 Å². The lowest BCUT2D eigenvalue weighted by atomic mass is 10.1. The van der Waals surface area contributed by atoms with Gasteiger partial charge in [-0.3, -0.25) is 0 Å². The zero-order valence-electron chi connectivity index (χ0n) is 13.6. The van der Waals surface area contributed by atoms with Crippen LogP contribution in [0.4, 0.5) is 0 Å². The summed E-state index contributed by atoms with van der Waals surface area (Å²) in [6.07, 6.45) is 13.2. The van der Waals surface area contributed by atoms with Gasteiger partial charge in [0.25, 0.3) is 0 Å². The zero-order valence-corrected chi connectivity index (χ0v) is 14.4. The number of hydrogen-bond donors (Lipinski definition) is 0. The Balaban J connectivity index is 3.77. The molecule has 0 aliphatic carbocycles. The van der Waals surface area contributed by atoms with E-state index in [4.69, 9.17) is 0 Å². The summed E-state index contributed by atoms with van der Waals surface area (Å²) >= 11 is 2.04. The molecule has 19 heavy (non-hydrogen) atoms. The number of allylic oxidation sites excluding steroid dienone is 5. The van der Waals surface area contributed by atoms with Crippen molar-refractivity contribution in [3.63, 3.8) is 0 Å². The molecule has 0 radical (unpaired) electrons. The third-order valence-corrected chi connectivity index (χ3v) is 4.12. The van der Waals surface area contributed by atoms with E-state index >= 15 is 0 Å². The molecule has 0 unspecified atom stereocenters. The molecule has 0 heterocycles. The highest BCUT2D eigenvalue weighted by molar-refractivity contribution is 7.99. The van der Waals surface area contributed by atoms with Crippen LogP contribution in [0.1, 0.15) is 66.7 Å². The van der Waals surface area contributed by atoms with Gasteiger partial charge in [-0.1, -0.05) is 41.9 Å². The minimum absolute atomic E-state index is 1.18. The van der Waals surface area contributed by atoms with Crippen LogP contribution in [-0.2, 0) is 0 Å². The molecule has 0 amide bonds. The third kappa shape index (κ3) is 13.8. The van der Waals surface area contributed by atoms with Gasteiger partial charge in [0.05, 0.1) is 0 Å². The molecular weight excluding hydrogens is 248 g/mol. The Morgan fingerprint density at radius 2 is 1.42 bits per heavy atom. The van der Waals surface area contributed by atoms with Crippen molar-refractivity contribution in [1.29, 1.82) is 0 Å². The summed E-state index contributed by atoms with van der Waals surface area (Å²) < 4.78 is 0. The average molecular weight is 281 g/mol. The highest BCUT2D eigenvalue weighted by Gasteiger charge is 1.92. The van der Waals surface area contributed by atoms with Gasteiger partial charge in [0, 0.05) is 5.75 Å². The monoisotopic (exact) mass is 280 g/mol. The lowest BCUT2D eigenvalue weighted by molar-refractivity contribution is 0.917.